The smallest absolute Gasteiger partial charge is 0.410 e. The lowest BCUT2D eigenvalue weighted by Gasteiger charge is -2.16. The van der Waals surface area contributed by atoms with Crippen molar-refractivity contribution < 1.29 is 14.3 Å². The van der Waals surface area contributed by atoms with Crippen molar-refractivity contribution in [3.63, 3.8) is 0 Å². The largest absolute Gasteiger partial charge is 0.445 e. The van der Waals surface area contributed by atoms with Crippen LogP contribution < -0.4 is 5.32 Å². The fourth-order valence-electron chi connectivity index (χ4n) is 2.65. The fourth-order valence-corrected chi connectivity index (χ4v) is 2.65. The minimum atomic E-state index is -0.248. The predicted molar refractivity (Wildman–Crippen MR) is 88.8 cm³/mol. The highest BCUT2D eigenvalue weighted by atomic mass is 16.6. The van der Waals surface area contributed by atoms with Crippen LogP contribution in [0.25, 0.3) is 0 Å². The third kappa shape index (κ3) is 5.58. The summed E-state index contributed by atoms with van der Waals surface area (Å²) < 4.78 is 5.35. The van der Waals surface area contributed by atoms with Gasteiger partial charge in [-0.05, 0) is 24.3 Å². The lowest BCUT2D eigenvalue weighted by molar-refractivity contribution is -0.124. The maximum absolute atomic E-state index is 12.1. The molecular formula is C18H26N2O3. The Bertz CT molecular complexity index is 516. The summed E-state index contributed by atoms with van der Waals surface area (Å²) in [6, 6.07) is 9.68. The van der Waals surface area contributed by atoms with Crippen molar-refractivity contribution in [3.05, 3.63) is 35.9 Å². The van der Waals surface area contributed by atoms with E-state index in [1.54, 1.807) is 4.90 Å². The number of rotatable bonds is 6. The standard InChI is InChI=1S/C18H26N2O3/c1-14(2)17(21)19-10-8-15-9-11-20(12-15)18(22)23-13-16-6-4-3-5-7-16/h3-7,14-15H,8-13H2,1-2H3,(H,19,21). The molecule has 1 atom stereocenters. The van der Waals surface area contributed by atoms with Gasteiger partial charge in [0.1, 0.15) is 6.61 Å². The van der Waals surface area contributed by atoms with Gasteiger partial charge in [-0.15, -0.1) is 0 Å². The molecule has 23 heavy (non-hydrogen) atoms. The first kappa shape index (κ1) is 17.3. The molecule has 5 nitrogen and oxygen atoms in total. The highest BCUT2D eigenvalue weighted by Gasteiger charge is 2.27. The zero-order valence-electron chi connectivity index (χ0n) is 14.0. The lowest BCUT2D eigenvalue weighted by atomic mass is 10.1. The molecule has 1 unspecified atom stereocenters. The molecule has 1 aliphatic rings. The van der Waals surface area contributed by atoms with Crippen molar-refractivity contribution >= 4 is 12.0 Å². The van der Waals surface area contributed by atoms with E-state index in [4.69, 9.17) is 4.74 Å². The van der Waals surface area contributed by atoms with Gasteiger partial charge in [0.2, 0.25) is 5.91 Å². The summed E-state index contributed by atoms with van der Waals surface area (Å²) in [5.74, 6) is 0.539. The number of nitrogens with zero attached hydrogens (tertiary/aromatic N) is 1. The summed E-state index contributed by atoms with van der Waals surface area (Å²) in [6.45, 7) is 6.20. The number of hydrogen-bond donors (Lipinski definition) is 1. The minimum absolute atomic E-state index is 0.0167. The third-order valence-corrected chi connectivity index (χ3v) is 4.13. The summed E-state index contributed by atoms with van der Waals surface area (Å²) in [6.07, 6.45) is 1.63. The average molecular weight is 318 g/mol. The lowest BCUT2D eigenvalue weighted by Crippen LogP contribution is -2.31. The first-order valence-corrected chi connectivity index (χ1v) is 8.29. The fraction of sp³-hybridized carbons (Fsp3) is 0.556. The number of nitrogens with one attached hydrogen (secondary N) is 1. The van der Waals surface area contributed by atoms with Crippen LogP contribution in [0.2, 0.25) is 0 Å². The summed E-state index contributed by atoms with van der Waals surface area (Å²) in [4.78, 5) is 25.3. The second kappa shape index (κ2) is 8.56. The molecule has 0 saturated carbocycles. The molecule has 1 heterocycles. The molecule has 0 aliphatic carbocycles. The van der Waals surface area contributed by atoms with E-state index in [0.29, 0.717) is 25.6 Å². The van der Waals surface area contributed by atoms with Crippen molar-refractivity contribution in [3.8, 4) is 0 Å². The van der Waals surface area contributed by atoms with Gasteiger partial charge in [0.25, 0.3) is 0 Å². The molecule has 0 spiro atoms. The van der Waals surface area contributed by atoms with E-state index in [-0.39, 0.29) is 17.9 Å². The Morgan fingerprint density at radius 1 is 1.30 bits per heavy atom. The molecular weight excluding hydrogens is 292 g/mol. The van der Waals surface area contributed by atoms with Crippen LogP contribution in [0.15, 0.2) is 30.3 Å². The highest BCUT2D eigenvalue weighted by molar-refractivity contribution is 5.77. The predicted octanol–water partition coefficient (Wildman–Crippen LogP) is 2.81. The molecule has 1 N–H and O–H groups in total. The Balaban J connectivity index is 1.66. The van der Waals surface area contributed by atoms with Gasteiger partial charge in [-0.25, -0.2) is 4.79 Å². The Morgan fingerprint density at radius 3 is 2.74 bits per heavy atom. The number of hydrogen-bond acceptors (Lipinski definition) is 3. The molecule has 2 rings (SSSR count). The van der Waals surface area contributed by atoms with Crippen LogP contribution in [0.5, 0.6) is 0 Å². The Morgan fingerprint density at radius 2 is 2.04 bits per heavy atom. The molecule has 1 aromatic carbocycles. The number of likely N-dealkylation sites (tertiary alicyclic amines) is 1. The van der Waals surface area contributed by atoms with Crippen molar-refractivity contribution in [2.24, 2.45) is 11.8 Å². The highest BCUT2D eigenvalue weighted by Crippen LogP contribution is 2.20. The quantitative estimate of drug-likeness (QED) is 0.877. The van der Waals surface area contributed by atoms with E-state index in [0.717, 1.165) is 24.9 Å². The van der Waals surface area contributed by atoms with Gasteiger partial charge in [-0.1, -0.05) is 44.2 Å². The van der Waals surface area contributed by atoms with Gasteiger partial charge in [0, 0.05) is 25.6 Å². The third-order valence-electron chi connectivity index (χ3n) is 4.13. The number of benzene rings is 1. The summed E-state index contributed by atoms with van der Waals surface area (Å²) in [7, 11) is 0. The van der Waals surface area contributed by atoms with Crippen molar-refractivity contribution in [2.45, 2.75) is 33.3 Å². The summed E-state index contributed by atoms with van der Waals surface area (Å²) in [5.41, 5.74) is 0.994. The zero-order chi connectivity index (χ0) is 16.7. The second-order valence-electron chi connectivity index (χ2n) is 6.38. The van der Waals surface area contributed by atoms with Gasteiger partial charge in [0.15, 0.2) is 0 Å². The minimum Gasteiger partial charge on any atom is -0.445 e. The normalized spacial score (nSPS) is 17.3. The van der Waals surface area contributed by atoms with E-state index in [1.807, 2.05) is 44.2 Å². The van der Waals surface area contributed by atoms with E-state index in [1.165, 1.54) is 0 Å². The average Bonchev–Trinajstić information content (AvgIpc) is 3.02. The second-order valence-corrected chi connectivity index (χ2v) is 6.38. The topological polar surface area (TPSA) is 58.6 Å². The maximum Gasteiger partial charge on any atom is 0.410 e. The molecule has 0 aromatic heterocycles. The van der Waals surface area contributed by atoms with E-state index >= 15 is 0 Å². The molecule has 1 saturated heterocycles. The Labute approximate surface area is 138 Å². The SMILES string of the molecule is CC(C)C(=O)NCCC1CCN(C(=O)OCc2ccccc2)C1. The first-order chi connectivity index (χ1) is 11.1. The Hall–Kier alpha value is -2.04. The molecule has 1 aromatic rings. The van der Waals surface area contributed by atoms with Crippen molar-refractivity contribution in [2.75, 3.05) is 19.6 Å². The van der Waals surface area contributed by atoms with Gasteiger partial charge < -0.3 is 15.0 Å². The monoisotopic (exact) mass is 318 g/mol. The van der Waals surface area contributed by atoms with Gasteiger partial charge >= 0.3 is 6.09 Å². The van der Waals surface area contributed by atoms with Gasteiger partial charge in [0.05, 0.1) is 0 Å². The van der Waals surface area contributed by atoms with Gasteiger partial charge in [-0.3, -0.25) is 4.79 Å². The van der Waals surface area contributed by atoms with Crippen LogP contribution in [0, 0.1) is 11.8 Å². The van der Waals surface area contributed by atoms with E-state index in [9.17, 15) is 9.59 Å². The zero-order valence-corrected chi connectivity index (χ0v) is 14.0. The molecule has 126 valence electrons. The maximum atomic E-state index is 12.1. The molecule has 0 bridgehead atoms. The number of carbonyl (C=O) groups excluding carboxylic acids is 2. The summed E-state index contributed by atoms with van der Waals surface area (Å²) in [5, 5.41) is 2.93. The number of carbonyl (C=O) groups is 2. The summed E-state index contributed by atoms with van der Waals surface area (Å²) >= 11 is 0. The first-order valence-electron chi connectivity index (χ1n) is 8.29. The Kier molecular flexibility index (Phi) is 6.44. The van der Waals surface area contributed by atoms with Crippen LogP contribution in [0.1, 0.15) is 32.3 Å². The van der Waals surface area contributed by atoms with E-state index in [2.05, 4.69) is 5.32 Å². The van der Waals surface area contributed by atoms with Crippen molar-refractivity contribution in [1.82, 2.24) is 10.2 Å². The molecule has 0 radical (unpaired) electrons. The van der Waals surface area contributed by atoms with Crippen LogP contribution >= 0.6 is 0 Å². The molecule has 1 fully saturated rings. The van der Waals surface area contributed by atoms with Crippen molar-refractivity contribution in [1.29, 1.82) is 0 Å². The number of amides is 2. The van der Waals surface area contributed by atoms with Crippen LogP contribution in [-0.4, -0.2) is 36.5 Å². The number of ether oxygens (including phenoxy) is 1. The van der Waals surface area contributed by atoms with Crippen LogP contribution in [0.3, 0.4) is 0 Å². The molecule has 2 amide bonds. The van der Waals surface area contributed by atoms with E-state index < -0.39 is 0 Å². The molecule has 5 heteroatoms. The van der Waals surface area contributed by atoms with Crippen LogP contribution in [0.4, 0.5) is 4.79 Å². The molecule has 1 aliphatic heterocycles. The van der Waals surface area contributed by atoms with Crippen LogP contribution in [-0.2, 0) is 16.1 Å². The van der Waals surface area contributed by atoms with Gasteiger partial charge in [-0.2, -0.15) is 0 Å².